The number of hydrogen-bond acceptors (Lipinski definition) is 7. The largest absolute Gasteiger partial charge is 0.493 e. The molecule has 2 aromatic carbocycles. The molecular formula is C27H32N4O6. The molecule has 1 heterocycles. The number of carbonyl (C=O) groups is 3. The summed E-state index contributed by atoms with van der Waals surface area (Å²) in [6, 6.07) is 11.6. The second kappa shape index (κ2) is 11.6. The lowest BCUT2D eigenvalue weighted by atomic mass is 9.87. The summed E-state index contributed by atoms with van der Waals surface area (Å²) in [4.78, 5) is 36.6. The standard InChI is InChI=1S/C27H32N4O6/c1-16-23(25(33)36-6)24(30-26(34)29-16)18-9-12-20(21(13-18)35-5)37-15-22(32)31-28-14-17-7-10-19(11-8-17)27(2,3)4/h7-14,24H,15H2,1-6H3,(H,31,32)(H2,29,30,34)/b28-14-/t24-/m1/s1. The highest BCUT2D eigenvalue weighted by Crippen LogP contribution is 2.34. The Kier molecular flexibility index (Phi) is 8.54. The van der Waals surface area contributed by atoms with Crippen molar-refractivity contribution in [1.29, 1.82) is 0 Å². The normalized spacial score (nSPS) is 15.6. The summed E-state index contributed by atoms with van der Waals surface area (Å²) >= 11 is 0. The van der Waals surface area contributed by atoms with Gasteiger partial charge in [0.1, 0.15) is 0 Å². The number of hydrogen-bond donors (Lipinski definition) is 3. The van der Waals surface area contributed by atoms with Crippen molar-refractivity contribution in [1.82, 2.24) is 16.1 Å². The molecular weight excluding hydrogens is 476 g/mol. The van der Waals surface area contributed by atoms with Crippen LogP contribution in [-0.2, 0) is 19.7 Å². The molecule has 0 bridgehead atoms. The Balaban J connectivity index is 1.64. The van der Waals surface area contributed by atoms with Gasteiger partial charge in [-0.25, -0.2) is 15.0 Å². The first-order valence-corrected chi connectivity index (χ1v) is 11.6. The number of ether oxygens (including phenoxy) is 3. The summed E-state index contributed by atoms with van der Waals surface area (Å²) in [5.74, 6) is -0.395. The Bertz CT molecular complexity index is 1230. The van der Waals surface area contributed by atoms with Crippen LogP contribution >= 0.6 is 0 Å². The second-order valence-electron chi connectivity index (χ2n) is 9.43. The van der Waals surface area contributed by atoms with Crippen molar-refractivity contribution in [3.8, 4) is 11.5 Å². The average Bonchev–Trinajstić information content (AvgIpc) is 2.86. The van der Waals surface area contributed by atoms with Crippen LogP contribution in [0.4, 0.5) is 4.79 Å². The van der Waals surface area contributed by atoms with E-state index in [9.17, 15) is 14.4 Å². The molecule has 0 spiro atoms. The SMILES string of the molecule is COC(=O)C1=C(C)NC(=O)N[C@@H]1c1ccc(OCC(=O)N/N=C\c2ccc(C(C)(C)C)cc2)c(OC)c1. The van der Waals surface area contributed by atoms with Gasteiger partial charge in [0.2, 0.25) is 0 Å². The van der Waals surface area contributed by atoms with E-state index < -0.39 is 23.9 Å². The number of rotatable bonds is 8. The molecule has 0 unspecified atom stereocenters. The Morgan fingerprint density at radius 2 is 1.78 bits per heavy atom. The molecule has 1 aliphatic rings. The fourth-order valence-electron chi connectivity index (χ4n) is 3.73. The van der Waals surface area contributed by atoms with Crippen LogP contribution in [-0.4, -0.2) is 44.9 Å². The predicted octanol–water partition coefficient (Wildman–Crippen LogP) is 3.32. The molecule has 1 atom stereocenters. The van der Waals surface area contributed by atoms with Crippen molar-refractivity contribution < 1.29 is 28.6 Å². The summed E-state index contributed by atoms with van der Waals surface area (Å²) in [5, 5.41) is 9.26. The van der Waals surface area contributed by atoms with E-state index in [-0.39, 0.29) is 17.6 Å². The number of hydrazone groups is 1. The second-order valence-corrected chi connectivity index (χ2v) is 9.43. The van der Waals surface area contributed by atoms with E-state index in [0.717, 1.165) is 5.56 Å². The van der Waals surface area contributed by atoms with Crippen LogP contribution in [0, 0.1) is 0 Å². The minimum atomic E-state index is -0.751. The number of nitrogens with one attached hydrogen (secondary N) is 3. The number of nitrogens with zero attached hydrogens (tertiary/aromatic N) is 1. The monoisotopic (exact) mass is 508 g/mol. The summed E-state index contributed by atoms with van der Waals surface area (Å²) in [7, 11) is 2.72. The molecule has 3 rings (SSSR count). The molecule has 0 aromatic heterocycles. The maximum atomic E-state index is 12.3. The lowest BCUT2D eigenvalue weighted by molar-refractivity contribution is -0.136. The first-order valence-electron chi connectivity index (χ1n) is 11.6. The van der Waals surface area contributed by atoms with Crippen molar-refractivity contribution in [2.45, 2.75) is 39.2 Å². The van der Waals surface area contributed by atoms with Gasteiger partial charge in [0.05, 0.1) is 32.0 Å². The predicted molar refractivity (Wildman–Crippen MR) is 138 cm³/mol. The van der Waals surface area contributed by atoms with E-state index in [4.69, 9.17) is 14.2 Å². The van der Waals surface area contributed by atoms with Crippen LogP contribution in [0.2, 0.25) is 0 Å². The van der Waals surface area contributed by atoms with Crippen molar-refractivity contribution in [3.63, 3.8) is 0 Å². The van der Waals surface area contributed by atoms with E-state index >= 15 is 0 Å². The van der Waals surface area contributed by atoms with E-state index in [0.29, 0.717) is 22.8 Å². The van der Waals surface area contributed by atoms with Gasteiger partial charge < -0.3 is 24.8 Å². The molecule has 196 valence electrons. The molecule has 0 fully saturated rings. The molecule has 0 saturated carbocycles. The zero-order valence-electron chi connectivity index (χ0n) is 21.8. The number of benzene rings is 2. The van der Waals surface area contributed by atoms with E-state index in [1.165, 1.54) is 19.8 Å². The van der Waals surface area contributed by atoms with Gasteiger partial charge in [-0.3, -0.25) is 4.79 Å². The first kappa shape index (κ1) is 27.3. The van der Waals surface area contributed by atoms with Gasteiger partial charge in [-0.2, -0.15) is 5.10 Å². The van der Waals surface area contributed by atoms with Gasteiger partial charge in [0.25, 0.3) is 5.91 Å². The summed E-state index contributed by atoms with van der Waals surface area (Å²) < 4.78 is 15.9. The fraction of sp³-hybridized carbons (Fsp3) is 0.333. The van der Waals surface area contributed by atoms with Crippen LogP contribution in [0.5, 0.6) is 11.5 Å². The third-order valence-corrected chi connectivity index (χ3v) is 5.73. The van der Waals surface area contributed by atoms with Crippen molar-refractivity contribution in [2.75, 3.05) is 20.8 Å². The van der Waals surface area contributed by atoms with Gasteiger partial charge in [-0.1, -0.05) is 51.1 Å². The summed E-state index contributed by atoms with van der Waals surface area (Å²) in [6.45, 7) is 7.74. The van der Waals surface area contributed by atoms with Gasteiger partial charge in [0, 0.05) is 5.70 Å². The zero-order valence-corrected chi connectivity index (χ0v) is 21.8. The van der Waals surface area contributed by atoms with Crippen molar-refractivity contribution in [2.24, 2.45) is 5.10 Å². The molecule has 2 aromatic rings. The minimum absolute atomic E-state index is 0.0569. The van der Waals surface area contributed by atoms with Gasteiger partial charge in [-0.05, 0) is 41.2 Å². The maximum absolute atomic E-state index is 12.3. The Morgan fingerprint density at radius 3 is 2.41 bits per heavy atom. The number of urea groups is 1. The van der Waals surface area contributed by atoms with Crippen LogP contribution in [0.25, 0.3) is 0 Å². The molecule has 10 nitrogen and oxygen atoms in total. The number of methoxy groups -OCH3 is 2. The molecule has 3 amide bonds. The van der Waals surface area contributed by atoms with Crippen LogP contribution in [0.15, 0.2) is 58.8 Å². The zero-order chi connectivity index (χ0) is 27.2. The summed E-state index contributed by atoms with van der Waals surface area (Å²) in [5.41, 5.74) is 5.78. The lowest BCUT2D eigenvalue weighted by Gasteiger charge is -2.28. The lowest BCUT2D eigenvalue weighted by Crippen LogP contribution is -2.45. The maximum Gasteiger partial charge on any atom is 0.337 e. The van der Waals surface area contributed by atoms with Gasteiger partial charge >= 0.3 is 12.0 Å². The molecule has 1 aliphatic heterocycles. The Morgan fingerprint density at radius 1 is 1.08 bits per heavy atom. The van der Waals surface area contributed by atoms with Crippen LogP contribution in [0.3, 0.4) is 0 Å². The number of carbonyl (C=O) groups excluding carboxylic acids is 3. The average molecular weight is 509 g/mol. The molecule has 3 N–H and O–H groups in total. The van der Waals surface area contributed by atoms with Crippen molar-refractivity contribution >= 4 is 24.1 Å². The molecule has 0 saturated heterocycles. The topological polar surface area (TPSA) is 127 Å². The summed E-state index contributed by atoms with van der Waals surface area (Å²) in [6.07, 6.45) is 1.56. The highest BCUT2D eigenvalue weighted by molar-refractivity contribution is 5.95. The van der Waals surface area contributed by atoms with E-state index in [1.807, 2.05) is 24.3 Å². The molecule has 0 aliphatic carbocycles. The Hall–Kier alpha value is -4.34. The molecule has 0 radical (unpaired) electrons. The van der Waals surface area contributed by atoms with E-state index in [2.05, 4.69) is 41.9 Å². The highest BCUT2D eigenvalue weighted by Gasteiger charge is 2.32. The third-order valence-electron chi connectivity index (χ3n) is 5.73. The van der Waals surface area contributed by atoms with E-state index in [1.54, 1.807) is 31.3 Å². The van der Waals surface area contributed by atoms with Gasteiger partial charge in [0.15, 0.2) is 18.1 Å². The number of amides is 3. The minimum Gasteiger partial charge on any atom is -0.493 e. The van der Waals surface area contributed by atoms with Crippen LogP contribution in [0.1, 0.15) is 50.4 Å². The Labute approximate surface area is 216 Å². The number of allylic oxidation sites excluding steroid dienone is 1. The highest BCUT2D eigenvalue weighted by atomic mass is 16.5. The first-order chi connectivity index (χ1) is 17.5. The number of esters is 1. The fourth-order valence-corrected chi connectivity index (χ4v) is 3.73. The smallest absolute Gasteiger partial charge is 0.337 e. The van der Waals surface area contributed by atoms with Crippen molar-refractivity contribution in [3.05, 3.63) is 70.4 Å². The molecule has 10 heteroatoms. The van der Waals surface area contributed by atoms with Gasteiger partial charge in [-0.15, -0.1) is 0 Å². The molecule has 37 heavy (non-hydrogen) atoms. The third kappa shape index (κ3) is 6.87. The quantitative estimate of drug-likeness (QED) is 0.285. The van der Waals surface area contributed by atoms with Crippen LogP contribution < -0.4 is 25.5 Å².